The Morgan fingerprint density at radius 3 is 2.00 bits per heavy atom. The highest BCUT2D eigenvalue weighted by Crippen LogP contribution is 2.13. The van der Waals surface area contributed by atoms with E-state index in [2.05, 4.69) is 17.2 Å². The molecule has 2 N–H and O–H groups in total. The van der Waals surface area contributed by atoms with Gasteiger partial charge in [-0.25, -0.2) is 0 Å². The Balaban J connectivity index is 2.54. The van der Waals surface area contributed by atoms with E-state index in [0.717, 1.165) is 12.1 Å². The van der Waals surface area contributed by atoms with Crippen LogP contribution in [-0.2, 0) is 9.59 Å². The van der Waals surface area contributed by atoms with Gasteiger partial charge in [0.25, 0.3) is 0 Å². The molecule has 114 valence electrons. The largest absolute Gasteiger partial charge is 0.326 e. The molecule has 0 unspecified atom stereocenters. The topological polar surface area (TPSA) is 61.4 Å². The SMILES string of the molecule is C=C(C)CN(CC)CC(=O)Nc1ccc(NC(C)=O)cc1. The molecule has 5 heteroatoms. The fourth-order valence-electron chi connectivity index (χ4n) is 1.90. The molecule has 0 saturated heterocycles. The Hall–Kier alpha value is -2.14. The van der Waals surface area contributed by atoms with E-state index in [1.54, 1.807) is 24.3 Å². The molecular formula is C16H23N3O2. The van der Waals surface area contributed by atoms with Crippen molar-refractivity contribution in [3.05, 3.63) is 36.4 Å². The first-order chi connectivity index (χ1) is 9.90. The third-order valence-electron chi connectivity index (χ3n) is 2.80. The zero-order valence-corrected chi connectivity index (χ0v) is 12.9. The van der Waals surface area contributed by atoms with Crippen LogP contribution in [0.4, 0.5) is 11.4 Å². The van der Waals surface area contributed by atoms with Gasteiger partial charge in [-0.15, -0.1) is 0 Å². The van der Waals surface area contributed by atoms with Gasteiger partial charge in [-0.1, -0.05) is 19.1 Å². The first kappa shape index (κ1) is 16.9. The maximum absolute atomic E-state index is 12.0. The number of nitrogens with one attached hydrogen (secondary N) is 2. The summed E-state index contributed by atoms with van der Waals surface area (Å²) in [5, 5.41) is 5.52. The summed E-state index contributed by atoms with van der Waals surface area (Å²) in [6.45, 7) is 11.1. The zero-order valence-electron chi connectivity index (χ0n) is 12.9. The van der Waals surface area contributed by atoms with E-state index in [9.17, 15) is 9.59 Å². The van der Waals surface area contributed by atoms with Crippen LogP contribution < -0.4 is 10.6 Å². The summed E-state index contributed by atoms with van der Waals surface area (Å²) >= 11 is 0. The number of rotatable bonds is 7. The number of carbonyl (C=O) groups is 2. The molecule has 0 radical (unpaired) electrons. The second-order valence-electron chi connectivity index (χ2n) is 5.07. The van der Waals surface area contributed by atoms with Crippen LogP contribution in [0.5, 0.6) is 0 Å². The lowest BCUT2D eigenvalue weighted by molar-refractivity contribution is -0.117. The lowest BCUT2D eigenvalue weighted by Gasteiger charge is -2.19. The number of hydrogen-bond acceptors (Lipinski definition) is 3. The lowest BCUT2D eigenvalue weighted by Crippen LogP contribution is -2.34. The van der Waals surface area contributed by atoms with Crippen molar-refractivity contribution in [3.63, 3.8) is 0 Å². The van der Waals surface area contributed by atoms with Crippen molar-refractivity contribution in [2.45, 2.75) is 20.8 Å². The van der Waals surface area contributed by atoms with Gasteiger partial charge in [0.1, 0.15) is 0 Å². The van der Waals surface area contributed by atoms with Crippen molar-refractivity contribution in [2.75, 3.05) is 30.3 Å². The third kappa shape index (κ3) is 6.72. The van der Waals surface area contributed by atoms with Gasteiger partial charge in [0.2, 0.25) is 11.8 Å². The Labute approximate surface area is 126 Å². The lowest BCUT2D eigenvalue weighted by atomic mass is 10.2. The van der Waals surface area contributed by atoms with Gasteiger partial charge < -0.3 is 10.6 Å². The molecule has 1 aromatic rings. The zero-order chi connectivity index (χ0) is 15.8. The molecule has 0 saturated carbocycles. The molecule has 1 rings (SSSR count). The molecule has 0 heterocycles. The number of benzene rings is 1. The first-order valence-electron chi connectivity index (χ1n) is 6.95. The van der Waals surface area contributed by atoms with E-state index >= 15 is 0 Å². The Morgan fingerprint density at radius 2 is 1.57 bits per heavy atom. The summed E-state index contributed by atoms with van der Waals surface area (Å²) in [4.78, 5) is 24.9. The predicted octanol–water partition coefficient (Wildman–Crippen LogP) is 2.48. The van der Waals surface area contributed by atoms with E-state index < -0.39 is 0 Å². The molecule has 0 aliphatic carbocycles. The molecule has 0 aromatic heterocycles. The minimum absolute atomic E-state index is 0.0645. The van der Waals surface area contributed by atoms with Crippen molar-refractivity contribution < 1.29 is 9.59 Å². The average molecular weight is 289 g/mol. The first-order valence-corrected chi connectivity index (χ1v) is 6.95. The van der Waals surface area contributed by atoms with Crippen molar-refractivity contribution in [1.29, 1.82) is 0 Å². The van der Waals surface area contributed by atoms with Crippen LogP contribution in [0.2, 0.25) is 0 Å². The average Bonchev–Trinajstić information content (AvgIpc) is 2.39. The Bertz CT molecular complexity index is 509. The van der Waals surface area contributed by atoms with Crippen molar-refractivity contribution in [3.8, 4) is 0 Å². The van der Waals surface area contributed by atoms with E-state index in [0.29, 0.717) is 24.5 Å². The van der Waals surface area contributed by atoms with Crippen molar-refractivity contribution in [2.24, 2.45) is 0 Å². The van der Waals surface area contributed by atoms with E-state index in [1.807, 2.05) is 18.7 Å². The maximum Gasteiger partial charge on any atom is 0.238 e. The maximum atomic E-state index is 12.0. The number of carbonyl (C=O) groups excluding carboxylic acids is 2. The molecule has 0 fully saturated rings. The van der Waals surface area contributed by atoms with E-state index in [-0.39, 0.29) is 11.8 Å². The number of anilines is 2. The van der Waals surface area contributed by atoms with Gasteiger partial charge in [-0.05, 0) is 37.7 Å². The fourth-order valence-corrected chi connectivity index (χ4v) is 1.90. The molecule has 0 aliphatic heterocycles. The highest BCUT2D eigenvalue weighted by atomic mass is 16.2. The molecule has 0 bridgehead atoms. The summed E-state index contributed by atoms with van der Waals surface area (Å²) < 4.78 is 0. The molecule has 5 nitrogen and oxygen atoms in total. The molecular weight excluding hydrogens is 266 g/mol. The minimum Gasteiger partial charge on any atom is -0.326 e. The van der Waals surface area contributed by atoms with Crippen LogP contribution in [0.25, 0.3) is 0 Å². The van der Waals surface area contributed by atoms with Crippen LogP contribution in [0, 0.1) is 0 Å². The highest BCUT2D eigenvalue weighted by molar-refractivity contribution is 5.93. The summed E-state index contributed by atoms with van der Waals surface area (Å²) in [7, 11) is 0. The fraction of sp³-hybridized carbons (Fsp3) is 0.375. The van der Waals surface area contributed by atoms with Crippen LogP contribution in [0.1, 0.15) is 20.8 Å². The smallest absolute Gasteiger partial charge is 0.238 e. The number of amides is 2. The van der Waals surface area contributed by atoms with Gasteiger partial charge in [0.05, 0.1) is 6.54 Å². The predicted molar refractivity (Wildman–Crippen MR) is 86.3 cm³/mol. The molecule has 1 aromatic carbocycles. The third-order valence-corrected chi connectivity index (χ3v) is 2.80. The summed E-state index contributed by atoms with van der Waals surface area (Å²) in [5.74, 6) is -0.185. The second-order valence-corrected chi connectivity index (χ2v) is 5.07. The van der Waals surface area contributed by atoms with Gasteiger partial charge in [0.15, 0.2) is 0 Å². The van der Waals surface area contributed by atoms with Crippen molar-refractivity contribution >= 4 is 23.2 Å². The van der Waals surface area contributed by atoms with Gasteiger partial charge in [-0.2, -0.15) is 0 Å². The molecule has 0 aliphatic rings. The normalized spacial score (nSPS) is 10.3. The number of likely N-dealkylation sites (N-methyl/N-ethyl adjacent to an activating group) is 1. The van der Waals surface area contributed by atoms with Crippen molar-refractivity contribution in [1.82, 2.24) is 4.90 Å². The summed E-state index contributed by atoms with van der Waals surface area (Å²) in [6.07, 6.45) is 0. The Morgan fingerprint density at radius 1 is 1.05 bits per heavy atom. The van der Waals surface area contributed by atoms with Gasteiger partial charge in [-0.3, -0.25) is 14.5 Å². The molecule has 2 amide bonds. The minimum atomic E-state index is -0.120. The quantitative estimate of drug-likeness (QED) is 0.758. The molecule has 0 spiro atoms. The van der Waals surface area contributed by atoms with Crippen LogP contribution in [0.3, 0.4) is 0 Å². The van der Waals surface area contributed by atoms with Gasteiger partial charge >= 0.3 is 0 Å². The summed E-state index contributed by atoms with van der Waals surface area (Å²) in [5.41, 5.74) is 2.45. The number of nitrogens with zero attached hydrogens (tertiary/aromatic N) is 1. The molecule has 21 heavy (non-hydrogen) atoms. The standard InChI is InChI=1S/C16H23N3O2/c1-5-19(10-12(2)3)11-16(21)18-15-8-6-14(7-9-15)17-13(4)20/h6-9H,2,5,10-11H2,1,3-4H3,(H,17,20)(H,18,21). The summed E-state index contributed by atoms with van der Waals surface area (Å²) in [6, 6.07) is 7.03. The molecule has 0 atom stereocenters. The van der Waals surface area contributed by atoms with Crippen LogP contribution in [0.15, 0.2) is 36.4 Å². The second kappa shape index (κ2) is 8.21. The van der Waals surface area contributed by atoms with Crippen LogP contribution in [-0.4, -0.2) is 36.3 Å². The highest BCUT2D eigenvalue weighted by Gasteiger charge is 2.09. The van der Waals surface area contributed by atoms with E-state index in [1.165, 1.54) is 6.92 Å². The van der Waals surface area contributed by atoms with Crippen LogP contribution >= 0.6 is 0 Å². The Kier molecular flexibility index (Phi) is 6.62. The van der Waals surface area contributed by atoms with E-state index in [4.69, 9.17) is 0 Å². The number of hydrogen-bond donors (Lipinski definition) is 2. The monoisotopic (exact) mass is 289 g/mol. The van der Waals surface area contributed by atoms with Gasteiger partial charge in [0, 0.05) is 24.8 Å².